The van der Waals surface area contributed by atoms with Crippen molar-refractivity contribution >= 4 is 11.9 Å². The highest BCUT2D eigenvalue weighted by Crippen LogP contribution is 2.40. The molecule has 2 aliphatic rings. The molecule has 1 aliphatic carbocycles. The Bertz CT molecular complexity index is 808. The van der Waals surface area contributed by atoms with Crippen molar-refractivity contribution in [1.29, 1.82) is 5.26 Å². The van der Waals surface area contributed by atoms with Crippen molar-refractivity contribution in [2.45, 2.75) is 50.7 Å². The highest BCUT2D eigenvalue weighted by Gasteiger charge is 2.41. The van der Waals surface area contributed by atoms with Gasteiger partial charge >= 0.3 is 5.97 Å². The van der Waals surface area contributed by atoms with Crippen LogP contribution in [0.25, 0.3) is 0 Å². The van der Waals surface area contributed by atoms with Gasteiger partial charge in [0, 0.05) is 7.05 Å². The monoisotopic (exact) mass is 402 g/mol. The third-order valence-electron chi connectivity index (χ3n) is 5.56. The smallest absolute Gasteiger partial charge is 0.339 e. The van der Waals surface area contributed by atoms with Crippen LogP contribution < -0.4 is 14.2 Å². The van der Waals surface area contributed by atoms with Gasteiger partial charge in [-0.1, -0.05) is 19.3 Å². The lowest BCUT2D eigenvalue weighted by molar-refractivity contribution is -0.143. The van der Waals surface area contributed by atoms with Crippen LogP contribution in [-0.4, -0.2) is 55.8 Å². The van der Waals surface area contributed by atoms with Crippen LogP contribution >= 0.6 is 0 Å². The number of benzene rings is 1. The molecule has 0 spiro atoms. The molecular formula is C21H26N2O6. The fourth-order valence-electron chi connectivity index (χ4n) is 3.81. The molecule has 0 N–H and O–H groups in total. The summed E-state index contributed by atoms with van der Waals surface area (Å²) in [6, 6.07) is 5.31. The van der Waals surface area contributed by atoms with E-state index in [1.807, 2.05) is 0 Å². The minimum Gasteiger partial charge on any atom is -0.493 e. The molecule has 1 heterocycles. The summed E-state index contributed by atoms with van der Waals surface area (Å²) in [7, 11) is 3.07. The fraction of sp³-hybridized carbons (Fsp3) is 0.571. The standard InChI is InChI=1S/C21H26N2O6/c1-14(19(24)23(2)21(13-22)7-5-4-6-8-21)29-20(25)15-11-16(26-3)18-17(12-15)27-9-10-28-18/h11-12,14H,4-10H2,1-3H3/t14-/m1/s1. The number of methoxy groups -OCH3 is 1. The van der Waals surface area contributed by atoms with Gasteiger partial charge in [0.25, 0.3) is 5.91 Å². The van der Waals surface area contributed by atoms with E-state index in [0.29, 0.717) is 43.3 Å². The van der Waals surface area contributed by atoms with E-state index in [1.165, 1.54) is 31.1 Å². The van der Waals surface area contributed by atoms with Crippen molar-refractivity contribution in [3.63, 3.8) is 0 Å². The molecule has 1 aliphatic heterocycles. The molecule has 0 saturated heterocycles. The van der Waals surface area contributed by atoms with E-state index in [0.717, 1.165) is 19.3 Å². The minimum absolute atomic E-state index is 0.195. The summed E-state index contributed by atoms with van der Waals surface area (Å²) >= 11 is 0. The Balaban J connectivity index is 1.73. The van der Waals surface area contributed by atoms with E-state index >= 15 is 0 Å². The lowest BCUT2D eigenvalue weighted by atomic mass is 9.81. The summed E-state index contributed by atoms with van der Waals surface area (Å²) in [5.74, 6) is 0.114. The fourth-order valence-corrected chi connectivity index (χ4v) is 3.81. The highest BCUT2D eigenvalue weighted by atomic mass is 16.6. The Morgan fingerprint density at radius 1 is 1.21 bits per heavy atom. The van der Waals surface area contributed by atoms with Crippen LogP contribution in [0.2, 0.25) is 0 Å². The van der Waals surface area contributed by atoms with Crippen molar-refractivity contribution in [2.75, 3.05) is 27.4 Å². The molecule has 156 valence electrons. The summed E-state index contributed by atoms with van der Waals surface area (Å²) in [5, 5.41) is 9.68. The largest absolute Gasteiger partial charge is 0.493 e. The number of rotatable bonds is 5. The Morgan fingerprint density at radius 3 is 2.55 bits per heavy atom. The number of nitrogens with zero attached hydrogens (tertiary/aromatic N) is 2. The summed E-state index contributed by atoms with van der Waals surface area (Å²) in [6.07, 6.45) is 3.09. The van der Waals surface area contributed by atoms with Crippen LogP contribution in [0.1, 0.15) is 49.4 Å². The van der Waals surface area contributed by atoms with E-state index in [9.17, 15) is 14.9 Å². The van der Waals surface area contributed by atoms with E-state index in [-0.39, 0.29) is 5.56 Å². The summed E-state index contributed by atoms with van der Waals surface area (Å²) in [6.45, 7) is 2.27. The molecule has 8 nitrogen and oxygen atoms in total. The molecule has 0 unspecified atom stereocenters. The molecule has 0 radical (unpaired) electrons. The predicted octanol–water partition coefficient (Wildman–Crippen LogP) is 2.70. The molecule has 0 aromatic heterocycles. The molecule has 3 rings (SSSR count). The Kier molecular flexibility index (Phi) is 6.16. The first-order valence-electron chi connectivity index (χ1n) is 9.79. The second kappa shape index (κ2) is 8.60. The third kappa shape index (κ3) is 4.09. The van der Waals surface area contributed by atoms with Crippen LogP contribution in [-0.2, 0) is 9.53 Å². The van der Waals surface area contributed by atoms with Gasteiger partial charge in [-0.25, -0.2) is 4.79 Å². The van der Waals surface area contributed by atoms with Crippen molar-refractivity contribution in [2.24, 2.45) is 0 Å². The zero-order chi connectivity index (χ0) is 21.0. The van der Waals surface area contributed by atoms with Gasteiger partial charge in [0.05, 0.1) is 18.7 Å². The number of nitriles is 1. The van der Waals surface area contributed by atoms with Gasteiger partial charge in [0.15, 0.2) is 17.6 Å². The first-order chi connectivity index (χ1) is 13.9. The van der Waals surface area contributed by atoms with Gasteiger partial charge in [0.2, 0.25) is 5.75 Å². The van der Waals surface area contributed by atoms with E-state index in [1.54, 1.807) is 7.05 Å². The van der Waals surface area contributed by atoms with Gasteiger partial charge in [-0.3, -0.25) is 4.79 Å². The number of carbonyl (C=O) groups excluding carboxylic acids is 2. The summed E-state index contributed by atoms with van der Waals surface area (Å²) in [4.78, 5) is 26.9. The van der Waals surface area contributed by atoms with Crippen LogP contribution in [0, 0.1) is 11.3 Å². The van der Waals surface area contributed by atoms with Crippen LogP contribution in [0.15, 0.2) is 12.1 Å². The van der Waals surface area contributed by atoms with Gasteiger partial charge in [0.1, 0.15) is 18.8 Å². The Labute approximate surface area is 170 Å². The van der Waals surface area contributed by atoms with Gasteiger partial charge < -0.3 is 23.8 Å². The normalized spacial score (nSPS) is 18.1. The molecule has 1 aromatic rings. The molecule has 1 atom stereocenters. The van der Waals surface area contributed by atoms with Crippen molar-refractivity contribution in [3.8, 4) is 23.3 Å². The lowest BCUT2D eigenvalue weighted by Crippen LogP contribution is -2.53. The number of amides is 1. The van der Waals surface area contributed by atoms with Crippen molar-refractivity contribution in [1.82, 2.24) is 4.90 Å². The maximum atomic E-state index is 12.9. The number of esters is 1. The van der Waals surface area contributed by atoms with Gasteiger partial charge in [-0.05, 0) is 31.9 Å². The zero-order valence-corrected chi connectivity index (χ0v) is 17.0. The van der Waals surface area contributed by atoms with E-state index in [4.69, 9.17) is 18.9 Å². The van der Waals surface area contributed by atoms with E-state index in [2.05, 4.69) is 6.07 Å². The molecule has 8 heteroatoms. The maximum Gasteiger partial charge on any atom is 0.339 e. The first-order valence-corrected chi connectivity index (χ1v) is 9.79. The maximum absolute atomic E-state index is 12.9. The molecule has 1 fully saturated rings. The number of fused-ring (bicyclic) bond motifs is 1. The number of likely N-dealkylation sites (N-methyl/N-ethyl adjacent to an activating group) is 1. The SMILES string of the molecule is COc1cc(C(=O)O[C@H](C)C(=O)N(C)C2(C#N)CCCCC2)cc2c1OCCO2. The van der Waals surface area contributed by atoms with Crippen LogP contribution in [0.5, 0.6) is 17.2 Å². The molecular weight excluding hydrogens is 376 g/mol. The molecule has 1 aromatic carbocycles. The lowest BCUT2D eigenvalue weighted by Gasteiger charge is -2.39. The average Bonchev–Trinajstić information content (AvgIpc) is 2.77. The number of ether oxygens (including phenoxy) is 4. The molecule has 1 amide bonds. The highest BCUT2D eigenvalue weighted by molar-refractivity contribution is 5.93. The third-order valence-corrected chi connectivity index (χ3v) is 5.56. The summed E-state index contributed by atoms with van der Waals surface area (Å²) in [5.41, 5.74) is -0.642. The van der Waals surface area contributed by atoms with Gasteiger partial charge in [-0.15, -0.1) is 0 Å². The quantitative estimate of drug-likeness (QED) is 0.698. The predicted molar refractivity (Wildman–Crippen MR) is 103 cm³/mol. The average molecular weight is 402 g/mol. The molecule has 0 bridgehead atoms. The Hall–Kier alpha value is -2.95. The molecule has 1 saturated carbocycles. The van der Waals surface area contributed by atoms with Crippen molar-refractivity contribution in [3.05, 3.63) is 17.7 Å². The van der Waals surface area contributed by atoms with Crippen molar-refractivity contribution < 1.29 is 28.5 Å². The van der Waals surface area contributed by atoms with Crippen LogP contribution in [0.4, 0.5) is 0 Å². The molecule has 29 heavy (non-hydrogen) atoms. The number of hydrogen-bond acceptors (Lipinski definition) is 7. The number of carbonyl (C=O) groups is 2. The van der Waals surface area contributed by atoms with Gasteiger partial charge in [-0.2, -0.15) is 5.26 Å². The van der Waals surface area contributed by atoms with Crippen LogP contribution in [0.3, 0.4) is 0 Å². The van der Waals surface area contributed by atoms with E-state index < -0.39 is 23.5 Å². The Morgan fingerprint density at radius 2 is 1.90 bits per heavy atom. The second-order valence-electron chi connectivity index (χ2n) is 7.35. The number of hydrogen-bond donors (Lipinski definition) is 0. The minimum atomic E-state index is -1.03. The first kappa shape index (κ1) is 20.8. The second-order valence-corrected chi connectivity index (χ2v) is 7.35. The summed E-state index contributed by atoms with van der Waals surface area (Å²) < 4.78 is 21.7. The zero-order valence-electron chi connectivity index (χ0n) is 17.0. The topological polar surface area (TPSA) is 98.1 Å².